The number of nitrogens with zero attached hydrogens (tertiary/aromatic N) is 1. The number of rotatable bonds is 5. The van der Waals surface area contributed by atoms with Crippen molar-refractivity contribution in [1.29, 1.82) is 0 Å². The van der Waals surface area contributed by atoms with Gasteiger partial charge in [-0.15, -0.1) is 0 Å². The highest BCUT2D eigenvalue weighted by atomic mass is 32.1. The molecule has 1 N–H and O–H groups in total. The Morgan fingerprint density at radius 3 is 2.20 bits per heavy atom. The van der Waals surface area contributed by atoms with Gasteiger partial charge in [-0.3, -0.25) is 10.4 Å². The number of hydrogen-bond acceptors (Lipinski definition) is 3. The molecule has 0 saturated carbocycles. The zero-order valence-corrected chi connectivity index (χ0v) is 19.5. The largest absolute Gasteiger partial charge is 0.297 e. The van der Waals surface area contributed by atoms with Crippen molar-refractivity contribution in [2.24, 2.45) is 5.41 Å². The molecule has 4 rings (SSSR count). The highest BCUT2D eigenvalue weighted by Gasteiger charge is 2.29. The van der Waals surface area contributed by atoms with E-state index in [1.165, 1.54) is 28.1 Å². The second kappa shape index (κ2) is 7.96. The fourth-order valence-electron chi connectivity index (χ4n) is 4.67. The molecule has 0 aliphatic carbocycles. The second-order valence-corrected chi connectivity index (χ2v) is 10.9. The summed E-state index contributed by atoms with van der Waals surface area (Å²) in [5.74, 6) is 0. The van der Waals surface area contributed by atoms with Gasteiger partial charge >= 0.3 is 0 Å². The molecule has 156 valence electrons. The van der Waals surface area contributed by atoms with E-state index in [1.807, 2.05) is 0 Å². The molecule has 0 bridgehead atoms. The number of anilines is 1. The molecule has 0 amide bonds. The van der Waals surface area contributed by atoms with Gasteiger partial charge in [0.2, 0.25) is 0 Å². The summed E-state index contributed by atoms with van der Waals surface area (Å²) in [5.41, 5.74) is 10.4. The van der Waals surface area contributed by atoms with Crippen LogP contribution in [0.2, 0.25) is 0 Å². The van der Waals surface area contributed by atoms with Crippen molar-refractivity contribution in [1.82, 2.24) is 5.43 Å². The van der Waals surface area contributed by atoms with Gasteiger partial charge in [-0.05, 0) is 58.0 Å². The van der Waals surface area contributed by atoms with Crippen LogP contribution in [0.3, 0.4) is 0 Å². The molecule has 3 heteroatoms. The molecule has 0 fully saturated rings. The predicted octanol–water partition coefficient (Wildman–Crippen LogP) is 7.57. The van der Waals surface area contributed by atoms with Crippen molar-refractivity contribution >= 4 is 22.7 Å². The average molecular weight is 417 g/mol. The molecule has 3 aromatic rings. The normalized spacial score (nSPS) is 17.0. The maximum absolute atomic E-state index is 3.64. The molecule has 1 aliphatic heterocycles. The molecule has 1 unspecified atom stereocenters. The van der Waals surface area contributed by atoms with Gasteiger partial charge in [-0.2, -0.15) is 11.3 Å². The minimum atomic E-state index is 0.154. The third-order valence-electron chi connectivity index (χ3n) is 5.72. The lowest BCUT2D eigenvalue weighted by Crippen LogP contribution is -2.33. The van der Waals surface area contributed by atoms with Gasteiger partial charge in [-0.1, -0.05) is 77.1 Å². The van der Waals surface area contributed by atoms with E-state index in [2.05, 4.69) is 123 Å². The average Bonchev–Trinajstić information content (AvgIpc) is 3.37. The summed E-state index contributed by atoms with van der Waals surface area (Å²) in [6.45, 7) is 11.7. The Labute approximate surface area is 185 Å². The summed E-state index contributed by atoms with van der Waals surface area (Å²) in [6, 6.07) is 22.1. The third kappa shape index (κ3) is 4.46. The van der Waals surface area contributed by atoms with E-state index < -0.39 is 0 Å². The Morgan fingerprint density at radius 1 is 0.900 bits per heavy atom. The molecular weight excluding hydrogens is 384 g/mol. The van der Waals surface area contributed by atoms with Gasteiger partial charge in [0.1, 0.15) is 0 Å². The van der Waals surface area contributed by atoms with Gasteiger partial charge in [0, 0.05) is 10.9 Å². The van der Waals surface area contributed by atoms with Crippen LogP contribution < -0.4 is 10.4 Å². The van der Waals surface area contributed by atoms with Crippen molar-refractivity contribution in [3.05, 3.63) is 94.2 Å². The summed E-state index contributed by atoms with van der Waals surface area (Å²) in [7, 11) is 0. The van der Waals surface area contributed by atoms with Crippen LogP contribution in [0.4, 0.5) is 5.69 Å². The maximum atomic E-state index is 3.64. The quantitative estimate of drug-likeness (QED) is 0.461. The predicted molar refractivity (Wildman–Crippen MR) is 131 cm³/mol. The summed E-state index contributed by atoms with van der Waals surface area (Å²) in [4.78, 5) is 0. The van der Waals surface area contributed by atoms with Crippen LogP contribution in [-0.4, -0.2) is 0 Å². The van der Waals surface area contributed by atoms with E-state index in [4.69, 9.17) is 0 Å². The van der Waals surface area contributed by atoms with E-state index in [-0.39, 0.29) is 11.5 Å². The summed E-state index contributed by atoms with van der Waals surface area (Å²) in [5, 5.41) is 6.59. The third-order valence-corrected chi connectivity index (χ3v) is 6.40. The van der Waals surface area contributed by atoms with Gasteiger partial charge in [0.15, 0.2) is 0 Å². The Bertz CT molecular complexity index is 993. The lowest BCUT2D eigenvalue weighted by molar-refractivity contribution is 0.284. The number of nitrogens with one attached hydrogen (secondary N) is 1. The van der Waals surface area contributed by atoms with Crippen LogP contribution in [0.25, 0.3) is 5.70 Å². The topological polar surface area (TPSA) is 15.3 Å². The van der Waals surface area contributed by atoms with E-state index in [1.54, 1.807) is 11.3 Å². The maximum Gasteiger partial charge on any atom is 0.0958 e. The first-order valence-corrected chi connectivity index (χ1v) is 11.6. The molecule has 2 heterocycles. The Morgan fingerprint density at radius 2 is 1.60 bits per heavy atom. The highest BCUT2D eigenvalue weighted by molar-refractivity contribution is 7.08. The fourth-order valence-corrected chi connectivity index (χ4v) is 5.32. The number of hydrogen-bond donors (Lipinski definition) is 1. The van der Waals surface area contributed by atoms with Crippen molar-refractivity contribution in [3.8, 4) is 0 Å². The first kappa shape index (κ1) is 20.7. The van der Waals surface area contributed by atoms with Crippen LogP contribution in [0.15, 0.2) is 77.5 Å². The number of para-hydroxylation sites is 1. The Hall–Kier alpha value is -2.52. The molecule has 0 spiro atoms. The number of thiophene rings is 1. The molecule has 2 nitrogen and oxygen atoms in total. The minimum Gasteiger partial charge on any atom is -0.297 e. The lowest BCUT2D eigenvalue weighted by atomic mass is 9.72. The Balaban J connectivity index is 1.66. The number of benzene rings is 2. The SMILES string of the molecule is CC(C)(C)CC(C)(C)c1ccc(C2C=C(c3ccsc3)NN2c2ccccc2)cc1. The van der Waals surface area contributed by atoms with Crippen LogP contribution in [0.5, 0.6) is 0 Å². The molecule has 30 heavy (non-hydrogen) atoms. The number of hydrazine groups is 1. The van der Waals surface area contributed by atoms with Crippen LogP contribution in [0.1, 0.15) is 63.8 Å². The van der Waals surface area contributed by atoms with E-state index >= 15 is 0 Å². The lowest BCUT2D eigenvalue weighted by Gasteiger charge is -2.33. The zero-order valence-electron chi connectivity index (χ0n) is 18.6. The van der Waals surface area contributed by atoms with Gasteiger partial charge < -0.3 is 0 Å². The van der Waals surface area contributed by atoms with Crippen LogP contribution >= 0.6 is 11.3 Å². The van der Waals surface area contributed by atoms with Gasteiger partial charge in [0.25, 0.3) is 0 Å². The molecule has 1 aliphatic rings. The van der Waals surface area contributed by atoms with Crippen LogP contribution in [0, 0.1) is 5.41 Å². The van der Waals surface area contributed by atoms with E-state index in [9.17, 15) is 0 Å². The monoisotopic (exact) mass is 416 g/mol. The summed E-state index contributed by atoms with van der Waals surface area (Å²) < 4.78 is 0. The highest BCUT2D eigenvalue weighted by Crippen LogP contribution is 2.39. The van der Waals surface area contributed by atoms with E-state index in [0.29, 0.717) is 5.41 Å². The van der Waals surface area contributed by atoms with Crippen molar-refractivity contribution in [2.75, 3.05) is 5.01 Å². The molecule has 0 radical (unpaired) electrons. The first-order valence-electron chi connectivity index (χ1n) is 10.7. The van der Waals surface area contributed by atoms with Gasteiger partial charge in [0.05, 0.1) is 17.4 Å². The van der Waals surface area contributed by atoms with Crippen LogP contribution in [-0.2, 0) is 5.41 Å². The van der Waals surface area contributed by atoms with Crippen molar-refractivity contribution in [2.45, 2.75) is 52.5 Å². The van der Waals surface area contributed by atoms with Crippen molar-refractivity contribution in [3.63, 3.8) is 0 Å². The summed E-state index contributed by atoms with van der Waals surface area (Å²) in [6.07, 6.45) is 3.49. The second-order valence-electron chi connectivity index (χ2n) is 10.1. The molecule has 1 aromatic heterocycles. The standard InChI is InChI=1S/C27H32N2S/c1-26(2,3)19-27(4,5)22-13-11-20(12-14-22)25-17-24(21-15-16-30-18-21)28-29(25)23-9-7-6-8-10-23/h6-18,25,28H,19H2,1-5H3. The smallest absolute Gasteiger partial charge is 0.0958 e. The van der Waals surface area contributed by atoms with Crippen molar-refractivity contribution < 1.29 is 0 Å². The molecule has 2 aromatic carbocycles. The fraction of sp³-hybridized carbons (Fsp3) is 0.333. The molecular formula is C27H32N2S. The molecule has 1 atom stereocenters. The van der Waals surface area contributed by atoms with Gasteiger partial charge in [-0.25, -0.2) is 0 Å². The first-order chi connectivity index (χ1) is 14.2. The Kier molecular flexibility index (Phi) is 5.50. The zero-order chi connectivity index (χ0) is 21.4. The molecule has 0 saturated heterocycles. The van der Waals surface area contributed by atoms with E-state index in [0.717, 1.165) is 6.42 Å². The minimum absolute atomic E-state index is 0.154. The summed E-state index contributed by atoms with van der Waals surface area (Å²) >= 11 is 1.73.